The molecule has 134 valence electrons. The van der Waals surface area contributed by atoms with Crippen LogP contribution in [0.4, 0.5) is 0 Å². The fourth-order valence-corrected chi connectivity index (χ4v) is 3.57. The number of fused-ring (bicyclic) bond motifs is 1. The summed E-state index contributed by atoms with van der Waals surface area (Å²) in [7, 11) is 0. The summed E-state index contributed by atoms with van der Waals surface area (Å²) in [6.45, 7) is 2.64. The van der Waals surface area contributed by atoms with Crippen molar-refractivity contribution in [2.45, 2.75) is 25.6 Å². The van der Waals surface area contributed by atoms with E-state index in [-0.39, 0.29) is 17.9 Å². The van der Waals surface area contributed by atoms with Gasteiger partial charge in [0.2, 0.25) is 0 Å². The van der Waals surface area contributed by atoms with Crippen molar-refractivity contribution >= 4 is 11.8 Å². The maximum Gasteiger partial charge on any atom is 0.262 e. The van der Waals surface area contributed by atoms with Crippen LogP contribution in [0.25, 0.3) is 0 Å². The van der Waals surface area contributed by atoms with Crippen molar-refractivity contribution in [3.63, 3.8) is 0 Å². The van der Waals surface area contributed by atoms with Gasteiger partial charge in [-0.25, -0.2) is 0 Å². The van der Waals surface area contributed by atoms with Crippen LogP contribution in [0.2, 0.25) is 0 Å². The molecule has 0 N–H and O–H groups in total. The molecule has 0 aromatic heterocycles. The van der Waals surface area contributed by atoms with Gasteiger partial charge < -0.3 is 4.74 Å². The van der Waals surface area contributed by atoms with Gasteiger partial charge >= 0.3 is 0 Å². The molecule has 0 aliphatic carbocycles. The fourth-order valence-electron chi connectivity index (χ4n) is 3.57. The average molecular weight is 350 g/mol. The van der Waals surface area contributed by atoms with Crippen LogP contribution in [0.15, 0.2) is 54.6 Å². The van der Waals surface area contributed by atoms with Crippen molar-refractivity contribution in [2.75, 3.05) is 19.8 Å². The molecule has 26 heavy (non-hydrogen) atoms. The highest BCUT2D eigenvalue weighted by Gasteiger charge is 2.36. The third-order valence-corrected chi connectivity index (χ3v) is 5.08. The van der Waals surface area contributed by atoms with Gasteiger partial charge in [-0.2, -0.15) is 0 Å². The largest absolute Gasteiger partial charge is 0.373 e. The maximum atomic E-state index is 12.5. The molecule has 0 radical (unpaired) electrons. The molecule has 0 saturated carbocycles. The molecular weight excluding hydrogens is 328 g/mol. The summed E-state index contributed by atoms with van der Waals surface area (Å²) in [5.41, 5.74) is 2.21. The third-order valence-electron chi connectivity index (χ3n) is 5.08. The molecule has 2 aliphatic rings. The zero-order chi connectivity index (χ0) is 17.9. The van der Waals surface area contributed by atoms with Crippen LogP contribution in [-0.4, -0.2) is 47.5 Å². The second-order valence-corrected chi connectivity index (χ2v) is 6.84. The third kappa shape index (κ3) is 3.41. The molecule has 2 heterocycles. The standard InChI is InChI=1S/C21H22N2O3/c24-20-18-8-4-5-9-19(18)21(25)23(20)15-22-12-10-17(11-13-22)26-14-16-6-2-1-3-7-16/h1-9,17H,10-15H2. The Balaban J connectivity index is 1.28. The van der Waals surface area contributed by atoms with E-state index in [1.54, 1.807) is 24.3 Å². The second-order valence-electron chi connectivity index (χ2n) is 6.84. The number of carbonyl (C=O) groups is 2. The lowest BCUT2D eigenvalue weighted by atomic mass is 10.1. The number of hydrogen-bond donors (Lipinski definition) is 0. The minimum atomic E-state index is -0.187. The van der Waals surface area contributed by atoms with E-state index < -0.39 is 0 Å². The zero-order valence-corrected chi connectivity index (χ0v) is 14.6. The van der Waals surface area contributed by atoms with E-state index in [0.29, 0.717) is 24.4 Å². The number of rotatable bonds is 5. The highest BCUT2D eigenvalue weighted by molar-refractivity contribution is 6.21. The van der Waals surface area contributed by atoms with Crippen molar-refractivity contribution in [1.82, 2.24) is 9.80 Å². The van der Waals surface area contributed by atoms with E-state index in [2.05, 4.69) is 17.0 Å². The monoisotopic (exact) mass is 350 g/mol. The molecule has 5 nitrogen and oxygen atoms in total. The molecule has 5 heteroatoms. The average Bonchev–Trinajstić information content (AvgIpc) is 2.93. The SMILES string of the molecule is O=C1c2ccccc2C(=O)N1CN1CCC(OCc2ccccc2)CC1. The van der Waals surface area contributed by atoms with E-state index >= 15 is 0 Å². The molecule has 1 fully saturated rings. The van der Waals surface area contributed by atoms with Gasteiger partial charge in [0, 0.05) is 13.1 Å². The maximum absolute atomic E-state index is 12.5. The van der Waals surface area contributed by atoms with Gasteiger partial charge in [-0.3, -0.25) is 19.4 Å². The number of piperidine rings is 1. The summed E-state index contributed by atoms with van der Waals surface area (Å²) in [6, 6.07) is 17.2. The lowest BCUT2D eigenvalue weighted by molar-refractivity contribution is -0.0102. The summed E-state index contributed by atoms with van der Waals surface area (Å²) in [6.07, 6.45) is 2.06. The van der Waals surface area contributed by atoms with E-state index in [0.717, 1.165) is 25.9 Å². The normalized spacial score (nSPS) is 18.4. The van der Waals surface area contributed by atoms with Gasteiger partial charge in [-0.15, -0.1) is 0 Å². The second kappa shape index (κ2) is 7.40. The van der Waals surface area contributed by atoms with Crippen LogP contribution < -0.4 is 0 Å². The lowest BCUT2D eigenvalue weighted by Gasteiger charge is -2.33. The molecular formula is C21H22N2O3. The van der Waals surface area contributed by atoms with Crippen LogP contribution >= 0.6 is 0 Å². The number of likely N-dealkylation sites (tertiary alicyclic amines) is 1. The Morgan fingerprint density at radius 2 is 1.42 bits per heavy atom. The van der Waals surface area contributed by atoms with Crippen LogP contribution in [0.3, 0.4) is 0 Å². The van der Waals surface area contributed by atoms with E-state index in [1.807, 2.05) is 18.2 Å². The summed E-state index contributed by atoms with van der Waals surface area (Å²) in [4.78, 5) is 28.4. The Hall–Kier alpha value is -2.50. The summed E-state index contributed by atoms with van der Waals surface area (Å²) >= 11 is 0. The fraction of sp³-hybridized carbons (Fsp3) is 0.333. The van der Waals surface area contributed by atoms with Crippen molar-refractivity contribution in [3.8, 4) is 0 Å². The first-order chi connectivity index (χ1) is 12.7. The molecule has 4 rings (SSSR count). The van der Waals surface area contributed by atoms with Crippen LogP contribution in [0.5, 0.6) is 0 Å². The van der Waals surface area contributed by atoms with Gasteiger partial charge in [0.1, 0.15) is 0 Å². The number of ether oxygens (including phenoxy) is 1. The summed E-state index contributed by atoms with van der Waals surface area (Å²) in [5, 5.41) is 0. The topological polar surface area (TPSA) is 49.9 Å². The Bertz CT molecular complexity index is 763. The molecule has 0 atom stereocenters. The summed E-state index contributed by atoms with van der Waals surface area (Å²) in [5.74, 6) is -0.374. The molecule has 0 unspecified atom stereocenters. The van der Waals surface area contributed by atoms with Gasteiger partial charge in [0.25, 0.3) is 11.8 Å². The number of nitrogens with zero attached hydrogens (tertiary/aromatic N) is 2. The highest BCUT2D eigenvalue weighted by atomic mass is 16.5. The van der Waals surface area contributed by atoms with Crippen molar-refractivity contribution in [2.24, 2.45) is 0 Å². The Labute approximate surface area is 153 Å². The van der Waals surface area contributed by atoms with Crippen LogP contribution in [0.1, 0.15) is 39.1 Å². The molecule has 2 aromatic rings. The Morgan fingerprint density at radius 1 is 0.846 bits per heavy atom. The number of amides is 2. The van der Waals surface area contributed by atoms with E-state index in [9.17, 15) is 9.59 Å². The first kappa shape index (κ1) is 16.9. The zero-order valence-electron chi connectivity index (χ0n) is 14.6. The number of imide groups is 1. The Morgan fingerprint density at radius 3 is 2.04 bits per heavy atom. The smallest absolute Gasteiger partial charge is 0.262 e. The van der Waals surface area contributed by atoms with E-state index in [4.69, 9.17) is 4.74 Å². The highest BCUT2D eigenvalue weighted by Crippen LogP contribution is 2.24. The van der Waals surface area contributed by atoms with E-state index in [1.165, 1.54) is 10.5 Å². The minimum Gasteiger partial charge on any atom is -0.373 e. The Kier molecular flexibility index (Phi) is 4.82. The predicted octanol–water partition coefficient (Wildman–Crippen LogP) is 2.92. The molecule has 2 amide bonds. The molecule has 1 saturated heterocycles. The first-order valence-electron chi connectivity index (χ1n) is 9.05. The van der Waals surface area contributed by atoms with Crippen LogP contribution in [0, 0.1) is 0 Å². The molecule has 0 spiro atoms. The molecule has 0 bridgehead atoms. The molecule has 2 aliphatic heterocycles. The minimum absolute atomic E-state index is 0.187. The predicted molar refractivity (Wildman–Crippen MR) is 97.6 cm³/mol. The van der Waals surface area contributed by atoms with Crippen LogP contribution in [-0.2, 0) is 11.3 Å². The van der Waals surface area contributed by atoms with Gasteiger partial charge in [0.05, 0.1) is 30.5 Å². The molecule has 2 aromatic carbocycles. The van der Waals surface area contributed by atoms with Gasteiger partial charge in [0.15, 0.2) is 0 Å². The quantitative estimate of drug-likeness (QED) is 0.778. The van der Waals surface area contributed by atoms with Gasteiger partial charge in [-0.1, -0.05) is 42.5 Å². The lowest BCUT2D eigenvalue weighted by Crippen LogP contribution is -2.45. The summed E-state index contributed by atoms with van der Waals surface area (Å²) < 4.78 is 6.01. The van der Waals surface area contributed by atoms with Crippen molar-refractivity contribution in [1.29, 1.82) is 0 Å². The number of carbonyl (C=O) groups excluding carboxylic acids is 2. The van der Waals surface area contributed by atoms with Gasteiger partial charge in [-0.05, 0) is 30.5 Å². The van der Waals surface area contributed by atoms with Crippen molar-refractivity contribution in [3.05, 3.63) is 71.3 Å². The number of benzene rings is 2. The number of hydrogen-bond acceptors (Lipinski definition) is 4. The van der Waals surface area contributed by atoms with Crippen molar-refractivity contribution < 1.29 is 14.3 Å². The first-order valence-corrected chi connectivity index (χ1v) is 9.05.